The Kier molecular flexibility index (Phi) is 11.3. The predicted molar refractivity (Wildman–Crippen MR) is 170 cm³/mol. The van der Waals surface area contributed by atoms with Gasteiger partial charge in [0.25, 0.3) is 0 Å². The highest BCUT2D eigenvalue weighted by Crippen LogP contribution is 2.39. The van der Waals surface area contributed by atoms with Crippen LogP contribution in [0.4, 0.5) is 4.79 Å². The zero-order valence-corrected chi connectivity index (χ0v) is 26.1. The number of amides is 2. The van der Waals surface area contributed by atoms with Crippen LogP contribution in [0, 0.1) is 0 Å². The third kappa shape index (κ3) is 8.95. The monoisotopic (exact) mass is 630 g/mol. The van der Waals surface area contributed by atoms with Crippen LogP contribution in [0.2, 0.25) is 0 Å². The minimum Gasteiger partial charge on any atom is -0.467 e. The van der Waals surface area contributed by atoms with E-state index >= 15 is 0 Å². The summed E-state index contributed by atoms with van der Waals surface area (Å²) in [5.41, 5.74) is 4.52. The number of hydrogen-bond acceptors (Lipinski definition) is 8. The number of rotatable bonds is 12. The lowest BCUT2D eigenvalue weighted by Gasteiger charge is -2.36. The zero-order chi connectivity index (χ0) is 31.6. The van der Waals surface area contributed by atoms with E-state index in [9.17, 15) is 14.7 Å². The molecule has 4 unspecified atom stereocenters. The van der Waals surface area contributed by atoms with Gasteiger partial charge in [-0.3, -0.25) is 0 Å². The highest BCUT2D eigenvalue weighted by Gasteiger charge is 2.32. The van der Waals surface area contributed by atoms with Gasteiger partial charge in [-0.2, -0.15) is 0 Å². The first-order valence-corrected chi connectivity index (χ1v) is 15.8. The molecule has 10 nitrogen and oxygen atoms in total. The van der Waals surface area contributed by atoms with Gasteiger partial charge in [-0.1, -0.05) is 90.6 Å². The van der Waals surface area contributed by atoms with Gasteiger partial charge in [0, 0.05) is 50.1 Å². The minimum absolute atomic E-state index is 0.0110. The third-order valence-electron chi connectivity index (χ3n) is 7.57. The quantitative estimate of drug-likeness (QED) is 0.150. The molecule has 5 rings (SSSR count). The van der Waals surface area contributed by atoms with Crippen molar-refractivity contribution in [2.75, 3.05) is 12.9 Å². The van der Waals surface area contributed by atoms with E-state index in [0.29, 0.717) is 18.6 Å². The second kappa shape index (κ2) is 15.7. The number of aryl methyl sites for hydroxylation is 1. The van der Waals surface area contributed by atoms with E-state index in [1.165, 1.54) is 7.11 Å². The number of imidazole rings is 1. The molecule has 1 fully saturated rings. The number of thioether (sulfide) groups is 1. The Hall–Kier alpha value is -4.16. The molecule has 0 aliphatic carbocycles. The Bertz CT molecular complexity index is 1530. The SMILES string of the molecule is COC(=O)C(Cc1ccccc1)NC(=O)NCc1ccc(C2OC(CSc3nccn3C)CC(c3ccc(CO)cc3)O2)cc1. The highest BCUT2D eigenvalue weighted by atomic mass is 32.2. The van der Waals surface area contributed by atoms with E-state index in [-0.39, 0.29) is 25.4 Å². The van der Waals surface area contributed by atoms with Gasteiger partial charge in [0.15, 0.2) is 11.4 Å². The Morgan fingerprint density at radius 1 is 1.00 bits per heavy atom. The Morgan fingerprint density at radius 2 is 1.71 bits per heavy atom. The number of hydrogen-bond donors (Lipinski definition) is 3. The van der Waals surface area contributed by atoms with Gasteiger partial charge in [-0.05, 0) is 22.3 Å². The number of aliphatic hydroxyl groups is 1. The number of ether oxygens (including phenoxy) is 3. The van der Waals surface area contributed by atoms with Crippen LogP contribution in [0.5, 0.6) is 0 Å². The van der Waals surface area contributed by atoms with Crippen molar-refractivity contribution >= 4 is 23.8 Å². The summed E-state index contributed by atoms with van der Waals surface area (Å²) in [7, 11) is 3.27. The molecule has 0 spiro atoms. The molecule has 1 saturated heterocycles. The number of benzene rings is 3. The highest BCUT2D eigenvalue weighted by molar-refractivity contribution is 7.99. The number of aliphatic hydroxyl groups excluding tert-OH is 1. The lowest BCUT2D eigenvalue weighted by atomic mass is 10.0. The average molecular weight is 631 g/mol. The molecule has 11 heteroatoms. The molecule has 45 heavy (non-hydrogen) atoms. The number of carbonyl (C=O) groups is 2. The number of nitrogens with zero attached hydrogens (tertiary/aromatic N) is 2. The number of aromatic nitrogens is 2. The summed E-state index contributed by atoms with van der Waals surface area (Å²) in [6.45, 7) is 0.253. The maximum Gasteiger partial charge on any atom is 0.328 e. The van der Waals surface area contributed by atoms with Crippen LogP contribution in [0.15, 0.2) is 96.4 Å². The van der Waals surface area contributed by atoms with Crippen LogP contribution in [0.3, 0.4) is 0 Å². The molecular formula is C34H38N4O6S. The topological polar surface area (TPSA) is 124 Å². The molecule has 2 heterocycles. The third-order valence-corrected chi connectivity index (χ3v) is 8.76. The van der Waals surface area contributed by atoms with Crippen molar-refractivity contribution in [3.63, 3.8) is 0 Å². The molecule has 236 valence electrons. The number of methoxy groups -OCH3 is 1. The lowest BCUT2D eigenvalue weighted by molar-refractivity contribution is -0.245. The van der Waals surface area contributed by atoms with Crippen LogP contribution in [0.25, 0.3) is 0 Å². The van der Waals surface area contributed by atoms with Crippen molar-refractivity contribution in [2.45, 2.75) is 55.7 Å². The summed E-state index contributed by atoms with van der Waals surface area (Å²) in [5.74, 6) is 0.203. The lowest BCUT2D eigenvalue weighted by Crippen LogP contribution is -2.47. The fourth-order valence-electron chi connectivity index (χ4n) is 5.05. The minimum atomic E-state index is -0.809. The van der Waals surface area contributed by atoms with Crippen molar-refractivity contribution in [1.82, 2.24) is 20.2 Å². The maximum absolute atomic E-state index is 12.7. The molecule has 4 aromatic rings. The molecule has 0 bridgehead atoms. The second-order valence-corrected chi connectivity index (χ2v) is 11.8. The van der Waals surface area contributed by atoms with Gasteiger partial charge >= 0.3 is 12.0 Å². The maximum atomic E-state index is 12.7. The van der Waals surface area contributed by atoms with Crippen molar-refractivity contribution in [3.8, 4) is 0 Å². The van der Waals surface area contributed by atoms with Crippen molar-refractivity contribution in [3.05, 3.63) is 119 Å². The van der Waals surface area contributed by atoms with Crippen LogP contribution >= 0.6 is 11.8 Å². The Labute approximate surface area is 267 Å². The van der Waals surface area contributed by atoms with Gasteiger partial charge < -0.3 is 34.5 Å². The molecule has 0 saturated carbocycles. The van der Waals surface area contributed by atoms with Crippen molar-refractivity contribution < 1.29 is 28.9 Å². The summed E-state index contributed by atoms with van der Waals surface area (Å²) in [5, 5.41) is 15.9. The van der Waals surface area contributed by atoms with E-state index in [1.807, 2.05) is 96.7 Å². The van der Waals surface area contributed by atoms with E-state index in [0.717, 1.165) is 33.0 Å². The predicted octanol–water partition coefficient (Wildman–Crippen LogP) is 4.83. The van der Waals surface area contributed by atoms with Gasteiger partial charge in [0.2, 0.25) is 0 Å². The molecule has 3 N–H and O–H groups in total. The summed E-state index contributed by atoms with van der Waals surface area (Å²) in [4.78, 5) is 29.4. The first kappa shape index (κ1) is 32.2. The van der Waals surface area contributed by atoms with Gasteiger partial charge in [0.1, 0.15) is 6.04 Å². The van der Waals surface area contributed by atoms with Gasteiger partial charge in [-0.15, -0.1) is 0 Å². The van der Waals surface area contributed by atoms with E-state index < -0.39 is 24.3 Å². The zero-order valence-electron chi connectivity index (χ0n) is 25.3. The molecule has 4 atom stereocenters. The summed E-state index contributed by atoms with van der Waals surface area (Å²) in [6, 6.07) is 23.7. The standard InChI is InChI=1S/C34H38N4O6S/c1-38-17-16-35-34(38)45-22-28-19-30(26-12-10-25(21-39)11-13-26)44-32(43-28)27-14-8-24(9-15-27)20-36-33(41)37-29(31(40)42-2)18-23-6-4-3-5-7-23/h3-17,28-30,32,39H,18-22H2,1-2H3,(H2,36,37,41). The van der Waals surface area contributed by atoms with E-state index in [4.69, 9.17) is 14.2 Å². The van der Waals surface area contributed by atoms with Crippen LogP contribution in [0.1, 0.15) is 46.6 Å². The van der Waals surface area contributed by atoms with Crippen LogP contribution in [-0.2, 0) is 45.6 Å². The molecule has 3 aromatic carbocycles. The molecule has 2 amide bonds. The molecule has 1 aliphatic heterocycles. The van der Waals surface area contributed by atoms with E-state index in [2.05, 4.69) is 15.6 Å². The first-order valence-electron chi connectivity index (χ1n) is 14.8. The smallest absolute Gasteiger partial charge is 0.328 e. The van der Waals surface area contributed by atoms with Crippen LogP contribution in [-0.4, -0.2) is 51.7 Å². The summed E-state index contributed by atoms with van der Waals surface area (Å²) < 4.78 is 19.8. The van der Waals surface area contributed by atoms with Crippen molar-refractivity contribution in [2.24, 2.45) is 7.05 Å². The fraction of sp³-hybridized carbons (Fsp3) is 0.324. The molecule has 0 radical (unpaired) electrons. The van der Waals surface area contributed by atoms with Gasteiger partial charge in [0.05, 0.1) is 25.9 Å². The number of urea groups is 1. The Morgan fingerprint density at radius 3 is 2.38 bits per heavy atom. The first-order chi connectivity index (χ1) is 21.9. The number of esters is 1. The Balaban J connectivity index is 1.21. The number of carbonyl (C=O) groups excluding carboxylic acids is 2. The molecule has 1 aliphatic rings. The average Bonchev–Trinajstić information content (AvgIpc) is 3.50. The normalized spacial score (nSPS) is 18.6. The fourth-order valence-corrected chi connectivity index (χ4v) is 6.00. The van der Waals surface area contributed by atoms with Crippen LogP contribution < -0.4 is 10.6 Å². The summed E-state index contributed by atoms with van der Waals surface area (Å²) >= 11 is 1.64. The van der Waals surface area contributed by atoms with E-state index in [1.54, 1.807) is 18.0 Å². The molecule has 1 aromatic heterocycles. The number of nitrogens with one attached hydrogen (secondary N) is 2. The second-order valence-electron chi connectivity index (χ2n) is 10.8. The van der Waals surface area contributed by atoms with Gasteiger partial charge in [-0.25, -0.2) is 14.6 Å². The summed E-state index contributed by atoms with van der Waals surface area (Å²) in [6.07, 6.45) is 3.85. The molecular weight excluding hydrogens is 592 g/mol. The largest absolute Gasteiger partial charge is 0.467 e. The van der Waals surface area contributed by atoms with Crippen molar-refractivity contribution in [1.29, 1.82) is 0 Å².